The van der Waals surface area contributed by atoms with Gasteiger partial charge in [-0.1, -0.05) is 36.7 Å². The third kappa shape index (κ3) is 1.93. The van der Waals surface area contributed by atoms with Gasteiger partial charge in [-0.25, -0.2) is 0 Å². The molecule has 3 atom stereocenters. The van der Waals surface area contributed by atoms with E-state index >= 15 is 0 Å². The van der Waals surface area contributed by atoms with Crippen molar-refractivity contribution in [2.24, 2.45) is 16.7 Å². The Kier molecular flexibility index (Phi) is 3.24. The predicted molar refractivity (Wildman–Crippen MR) is 84.6 cm³/mol. The van der Waals surface area contributed by atoms with Gasteiger partial charge in [-0.05, 0) is 60.3 Å². The number of amides is 1. The number of halogens is 1. The molecule has 108 valence electrons. The van der Waals surface area contributed by atoms with E-state index in [1.165, 1.54) is 12.8 Å². The summed E-state index contributed by atoms with van der Waals surface area (Å²) in [6.45, 7) is 7.10. The summed E-state index contributed by atoms with van der Waals surface area (Å²) in [6, 6.07) is 7.90. The normalized spacial score (nSPS) is 34.2. The molecule has 1 aromatic carbocycles. The lowest BCUT2D eigenvalue weighted by molar-refractivity contribution is 0.0826. The largest absolute Gasteiger partial charge is 0.349 e. The van der Waals surface area contributed by atoms with Crippen LogP contribution >= 0.6 is 15.9 Å². The van der Waals surface area contributed by atoms with E-state index in [0.717, 1.165) is 22.4 Å². The molecule has 1 N–H and O–H groups in total. The van der Waals surface area contributed by atoms with E-state index in [4.69, 9.17) is 0 Å². The average molecular weight is 336 g/mol. The second-order valence-corrected chi connectivity index (χ2v) is 8.06. The Balaban J connectivity index is 1.76. The molecule has 0 radical (unpaired) electrons. The van der Waals surface area contributed by atoms with Crippen molar-refractivity contribution in [1.82, 2.24) is 5.32 Å². The zero-order valence-electron chi connectivity index (χ0n) is 12.4. The Labute approximate surface area is 129 Å². The second kappa shape index (κ2) is 4.59. The molecule has 3 heteroatoms. The van der Waals surface area contributed by atoms with Crippen LogP contribution in [0.4, 0.5) is 0 Å². The number of fused-ring (bicyclic) bond motifs is 2. The molecule has 0 saturated heterocycles. The molecule has 2 fully saturated rings. The number of carbonyl (C=O) groups excluding carboxylic acids is 1. The third-order valence-electron chi connectivity index (χ3n) is 6.21. The van der Waals surface area contributed by atoms with Gasteiger partial charge in [-0.15, -0.1) is 0 Å². The van der Waals surface area contributed by atoms with Gasteiger partial charge in [0.05, 0.1) is 0 Å². The van der Waals surface area contributed by atoms with Crippen LogP contribution in [0.3, 0.4) is 0 Å². The SMILES string of the molecule is CC1(C)[C@H]2CC[C@]1(C)[C@@H](NC(=O)c1ccc(Br)cc1)C2. The van der Waals surface area contributed by atoms with Crippen molar-refractivity contribution in [1.29, 1.82) is 0 Å². The zero-order valence-corrected chi connectivity index (χ0v) is 14.0. The fraction of sp³-hybridized carbons (Fsp3) is 0.588. The monoisotopic (exact) mass is 335 g/mol. The molecule has 1 amide bonds. The molecule has 0 heterocycles. The van der Waals surface area contributed by atoms with Crippen molar-refractivity contribution in [3.05, 3.63) is 34.3 Å². The minimum absolute atomic E-state index is 0.0621. The molecule has 2 saturated carbocycles. The summed E-state index contributed by atoms with van der Waals surface area (Å²) in [5, 5.41) is 3.29. The van der Waals surface area contributed by atoms with Gasteiger partial charge < -0.3 is 5.32 Å². The lowest BCUT2D eigenvalue weighted by atomic mass is 9.69. The maximum Gasteiger partial charge on any atom is 0.251 e. The van der Waals surface area contributed by atoms with Crippen LogP contribution in [0.15, 0.2) is 28.7 Å². The van der Waals surface area contributed by atoms with Crippen molar-refractivity contribution >= 4 is 21.8 Å². The predicted octanol–water partition coefficient (Wildman–Crippen LogP) is 4.39. The van der Waals surface area contributed by atoms with Gasteiger partial charge in [-0.3, -0.25) is 4.79 Å². The highest BCUT2D eigenvalue weighted by molar-refractivity contribution is 9.10. The first kappa shape index (κ1) is 14.1. The lowest BCUT2D eigenvalue weighted by Gasteiger charge is -2.39. The van der Waals surface area contributed by atoms with E-state index < -0.39 is 0 Å². The molecule has 2 aliphatic rings. The first-order valence-corrected chi connectivity index (χ1v) is 8.20. The molecular formula is C17H22BrNO. The molecule has 2 nitrogen and oxygen atoms in total. The van der Waals surface area contributed by atoms with Crippen LogP contribution in [0.5, 0.6) is 0 Å². The van der Waals surface area contributed by atoms with Crippen molar-refractivity contribution in [2.45, 2.75) is 46.1 Å². The van der Waals surface area contributed by atoms with Crippen LogP contribution in [0.25, 0.3) is 0 Å². The molecule has 20 heavy (non-hydrogen) atoms. The second-order valence-electron chi connectivity index (χ2n) is 7.14. The van der Waals surface area contributed by atoms with Crippen LogP contribution in [0.2, 0.25) is 0 Å². The minimum atomic E-state index is 0.0621. The highest BCUT2D eigenvalue weighted by Gasteiger charge is 2.61. The summed E-state index contributed by atoms with van der Waals surface area (Å²) >= 11 is 3.40. The first-order valence-electron chi connectivity index (χ1n) is 7.41. The van der Waals surface area contributed by atoms with E-state index in [2.05, 4.69) is 42.0 Å². The summed E-state index contributed by atoms with van der Waals surface area (Å²) in [5.74, 6) is 0.815. The van der Waals surface area contributed by atoms with E-state index in [1.807, 2.05) is 24.3 Å². The summed E-state index contributed by atoms with van der Waals surface area (Å²) in [4.78, 5) is 12.4. The summed E-state index contributed by atoms with van der Waals surface area (Å²) in [5.41, 5.74) is 1.32. The van der Waals surface area contributed by atoms with Gasteiger partial charge in [0, 0.05) is 16.1 Å². The highest BCUT2D eigenvalue weighted by atomic mass is 79.9. The lowest BCUT2D eigenvalue weighted by Crippen LogP contribution is -2.46. The molecule has 0 unspecified atom stereocenters. The fourth-order valence-electron chi connectivity index (χ4n) is 4.26. The number of rotatable bonds is 2. The smallest absolute Gasteiger partial charge is 0.251 e. The van der Waals surface area contributed by atoms with Gasteiger partial charge in [0.25, 0.3) is 5.91 Å². The quantitative estimate of drug-likeness (QED) is 0.852. The summed E-state index contributed by atoms with van der Waals surface area (Å²) < 4.78 is 1.00. The number of hydrogen-bond donors (Lipinski definition) is 1. The zero-order chi connectivity index (χ0) is 14.5. The Bertz CT molecular complexity index is 536. The van der Waals surface area contributed by atoms with E-state index in [9.17, 15) is 4.79 Å². The third-order valence-corrected chi connectivity index (χ3v) is 6.73. The Morgan fingerprint density at radius 3 is 2.40 bits per heavy atom. The molecule has 3 rings (SSSR count). The molecule has 2 bridgehead atoms. The van der Waals surface area contributed by atoms with Crippen LogP contribution in [-0.4, -0.2) is 11.9 Å². The maximum absolute atomic E-state index is 12.4. The first-order chi connectivity index (χ1) is 9.34. The molecule has 0 aromatic heterocycles. The highest BCUT2D eigenvalue weighted by Crippen LogP contribution is 2.65. The van der Waals surface area contributed by atoms with E-state index in [1.54, 1.807) is 0 Å². The van der Waals surface area contributed by atoms with Crippen LogP contribution in [0.1, 0.15) is 50.4 Å². The van der Waals surface area contributed by atoms with E-state index in [-0.39, 0.29) is 11.3 Å². The van der Waals surface area contributed by atoms with Crippen molar-refractivity contribution < 1.29 is 4.79 Å². The molecular weight excluding hydrogens is 314 g/mol. The van der Waals surface area contributed by atoms with Crippen molar-refractivity contribution in [3.8, 4) is 0 Å². The summed E-state index contributed by atoms with van der Waals surface area (Å²) in [7, 11) is 0. The van der Waals surface area contributed by atoms with Gasteiger partial charge >= 0.3 is 0 Å². The standard InChI is InChI=1S/C17H22BrNO/c1-16(2)12-8-9-17(16,3)14(10-12)19-15(20)11-4-6-13(18)7-5-11/h4-7,12,14H,8-10H2,1-3H3,(H,19,20)/t12-,14-,17+/m0/s1. The molecule has 1 aromatic rings. The molecule has 0 aliphatic heterocycles. The fourth-order valence-corrected chi connectivity index (χ4v) is 4.53. The van der Waals surface area contributed by atoms with Crippen molar-refractivity contribution in [3.63, 3.8) is 0 Å². The molecule has 2 aliphatic carbocycles. The summed E-state index contributed by atoms with van der Waals surface area (Å²) in [6.07, 6.45) is 3.68. The van der Waals surface area contributed by atoms with Gasteiger partial charge in [0.15, 0.2) is 0 Å². The Morgan fingerprint density at radius 2 is 1.90 bits per heavy atom. The number of hydrogen-bond acceptors (Lipinski definition) is 1. The molecule has 0 spiro atoms. The van der Waals surface area contributed by atoms with Gasteiger partial charge in [-0.2, -0.15) is 0 Å². The number of benzene rings is 1. The van der Waals surface area contributed by atoms with Crippen molar-refractivity contribution in [2.75, 3.05) is 0 Å². The van der Waals surface area contributed by atoms with E-state index in [0.29, 0.717) is 11.5 Å². The average Bonchev–Trinajstić information content (AvgIpc) is 2.72. The number of nitrogens with one attached hydrogen (secondary N) is 1. The minimum Gasteiger partial charge on any atom is -0.349 e. The van der Waals surface area contributed by atoms with Crippen LogP contribution in [0, 0.1) is 16.7 Å². The Hall–Kier alpha value is -0.830. The number of carbonyl (C=O) groups is 1. The topological polar surface area (TPSA) is 29.1 Å². The van der Waals surface area contributed by atoms with Gasteiger partial charge in [0.1, 0.15) is 0 Å². The van der Waals surface area contributed by atoms with Crippen LogP contribution < -0.4 is 5.32 Å². The van der Waals surface area contributed by atoms with Gasteiger partial charge in [0.2, 0.25) is 0 Å². The Morgan fingerprint density at radius 1 is 1.25 bits per heavy atom. The van der Waals surface area contributed by atoms with Crippen LogP contribution in [-0.2, 0) is 0 Å². The maximum atomic E-state index is 12.4.